The van der Waals surface area contributed by atoms with E-state index in [1.54, 1.807) is 7.05 Å². The second-order valence-electron chi connectivity index (χ2n) is 3.11. The number of carbonyl (C=O) groups excluding carboxylic acids is 2. The zero-order valence-corrected chi connectivity index (χ0v) is 8.14. The van der Waals surface area contributed by atoms with E-state index in [1.807, 2.05) is 30.3 Å². The molecule has 1 aromatic carbocycles. The van der Waals surface area contributed by atoms with Gasteiger partial charge in [0.2, 0.25) is 6.29 Å². The highest BCUT2D eigenvalue weighted by Gasteiger charge is 2.05. The summed E-state index contributed by atoms with van der Waals surface area (Å²) in [4.78, 5) is 22.5. The van der Waals surface area contributed by atoms with Crippen molar-refractivity contribution in [3.05, 3.63) is 35.9 Å². The van der Waals surface area contributed by atoms with E-state index in [2.05, 4.69) is 0 Å². The van der Waals surface area contributed by atoms with Crippen LogP contribution in [0.1, 0.15) is 5.56 Å². The van der Waals surface area contributed by atoms with E-state index in [0.29, 0.717) is 12.8 Å². The lowest BCUT2D eigenvalue weighted by molar-refractivity contribution is -0.137. The molecule has 0 atom stereocenters. The number of amides is 1. The third-order valence-corrected chi connectivity index (χ3v) is 2.06. The minimum Gasteiger partial charge on any atom is -0.339 e. The van der Waals surface area contributed by atoms with Crippen LogP contribution in [0.4, 0.5) is 0 Å². The molecule has 1 amide bonds. The van der Waals surface area contributed by atoms with Crippen molar-refractivity contribution in [1.82, 2.24) is 4.90 Å². The lowest BCUT2D eigenvalue weighted by Gasteiger charge is -2.13. The van der Waals surface area contributed by atoms with Crippen molar-refractivity contribution in [2.24, 2.45) is 0 Å². The van der Waals surface area contributed by atoms with Gasteiger partial charge in [-0.25, -0.2) is 0 Å². The number of aldehydes is 1. The fourth-order valence-corrected chi connectivity index (χ4v) is 1.14. The van der Waals surface area contributed by atoms with Gasteiger partial charge in [0.25, 0.3) is 5.91 Å². The molecule has 0 bridgehead atoms. The van der Waals surface area contributed by atoms with Gasteiger partial charge in [-0.2, -0.15) is 0 Å². The molecule has 0 N–H and O–H groups in total. The highest BCUT2D eigenvalue weighted by atomic mass is 16.2. The molecule has 0 saturated carbocycles. The SMILES string of the molecule is CN(CCc1ccccc1)C(=O)C=O. The number of benzene rings is 1. The lowest BCUT2D eigenvalue weighted by Crippen LogP contribution is -2.29. The highest BCUT2D eigenvalue weighted by molar-refractivity contribution is 6.23. The molecule has 0 aliphatic rings. The molecule has 1 rings (SSSR count). The molecular weight excluding hydrogens is 178 g/mol. The Balaban J connectivity index is 2.41. The Hall–Kier alpha value is -1.64. The molecule has 14 heavy (non-hydrogen) atoms. The Labute approximate surface area is 83.3 Å². The summed E-state index contributed by atoms with van der Waals surface area (Å²) in [5, 5.41) is 0. The summed E-state index contributed by atoms with van der Waals surface area (Å²) in [6, 6.07) is 9.86. The second-order valence-corrected chi connectivity index (χ2v) is 3.11. The molecule has 0 spiro atoms. The third kappa shape index (κ3) is 3.01. The van der Waals surface area contributed by atoms with Crippen LogP contribution in [-0.2, 0) is 16.0 Å². The minimum absolute atomic E-state index is 0.338. The van der Waals surface area contributed by atoms with Gasteiger partial charge in [-0.3, -0.25) is 9.59 Å². The molecule has 1 aromatic rings. The van der Waals surface area contributed by atoms with Crippen molar-refractivity contribution in [2.75, 3.05) is 13.6 Å². The molecule has 3 heteroatoms. The minimum atomic E-state index is -0.471. The van der Waals surface area contributed by atoms with Crippen molar-refractivity contribution < 1.29 is 9.59 Å². The van der Waals surface area contributed by atoms with Crippen LogP contribution < -0.4 is 0 Å². The van der Waals surface area contributed by atoms with Crippen LogP contribution >= 0.6 is 0 Å². The highest BCUT2D eigenvalue weighted by Crippen LogP contribution is 2.00. The van der Waals surface area contributed by atoms with Crippen LogP contribution in [0.2, 0.25) is 0 Å². The normalized spacial score (nSPS) is 9.50. The Morgan fingerprint density at radius 1 is 1.36 bits per heavy atom. The summed E-state index contributed by atoms with van der Waals surface area (Å²) in [6.45, 7) is 0.571. The first-order chi connectivity index (χ1) is 6.74. The summed E-state index contributed by atoms with van der Waals surface area (Å²) in [5.74, 6) is -0.471. The number of carbonyl (C=O) groups is 2. The van der Waals surface area contributed by atoms with Crippen molar-refractivity contribution in [3.63, 3.8) is 0 Å². The molecule has 0 saturated heterocycles. The summed E-state index contributed by atoms with van der Waals surface area (Å²) in [6.07, 6.45) is 1.11. The van der Waals surface area contributed by atoms with Gasteiger partial charge in [0.1, 0.15) is 0 Å². The molecule has 0 aliphatic carbocycles. The van der Waals surface area contributed by atoms with E-state index in [-0.39, 0.29) is 0 Å². The van der Waals surface area contributed by atoms with E-state index in [4.69, 9.17) is 0 Å². The van der Waals surface area contributed by atoms with Gasteiger partial charge < -0.3 is 4.90 Å². The summed E-state index contributed by atoms with van der Waals surface area (Å²) in [7, 11) is 1.62. The lowest BCUT2D eigenvalue weighted by atomic mass is 10.1. The monoisotopic (exact) mass is 191 g/mol. The number of hydrogen-bond acceptors (Lipinski definition) is 2. The van der Waals surface area contributed by atoms with Gasteiger partial charge in [0.05, 0.1) is 0 Å². The van der Waals surface area contributed by atoms with Gasteiger partial charge in [-0.05, 0) is 12.0 Å². The predicted octanol–water partition coefficient (Wildman–Crippen LogP) is 0.886. The molecule has 0 heterocycles. The van der Waals surface area contributed by atoms with Gasteiger partial charge in [0, 0.05) is 13.6 Å². The molecule has 0 aliphatic heterocycles. The number of rotatable bonds is 4. The van der Waals surface area contributed by atoms with Gasteiger partial charge >= 0.3 is 0 Å². The summed E-state index contributed by atoms with van der Waals surface area (Å²) >= 11 is 0. The van der Waals surface area contributed by atoms with Crippen molar-refractivity contribution in [1.29, 1.82) is 0 Å². The summed E-state index contributed by atoms with van der Waals surface area (Å²) < 4.78 is 0. The van der Waals surface area contributed by atoms with Crippen LogP contribution in [-0.4, -0.2) is 30.7 Å². The maximum absolute atomic E-state index is 10.9. The fraction of sp³-hybridized carbons (Fsp3) is 0.273. The second kappa shape index (κ2) is 5.17. The Morgan fingerprint density at radius 3 is 2.57 bits per heavy atom. The first-order valence-corrected chi connectivity index (χ1v) is 4.48. The topological polar surface area (TPSA) is 37.4 Å². The van der Waals surface area contributed by atoms with Crippen LogP contribution in [0.15, 0.2) is 30.3 Å². The molecule has 3 nitrogen and oxygen atoms in total. The average molecular weight is 191 g/mol. The van der Waals surface area contributed by atoms with Crippen LogP contribution in [0.25, 0.3) is 0 Å². The van der Waals surface area contributed by atoms with Crippen molar-refractivity contribution >= 4 is 12.2 Å². The maximum Gasteiger partial charge on any atom is 0.286 e. The van der Waals surface area contributed by atoms with Crippen LogP contribution in [0.3, 0.4) is 0 Å². The zero-order chi connectivity index (χ0) is 10.4. The van der Waals surface area contributed by atoms with Crippen molar-refractivity contribution in [3.8, 4) is 0 Å². The molecular formula is C11H13NO2. The molecule has 0 aromatic heterocycles. The quantitative estimate of drug-likeness (QED) is 0.523. The van der Waals surface area contributed by atoms with Gasteiger partial charge in [-0.15, -0.1) is 0 Å². The first kappa shape index (κ1) is 10.4. The first-order valence-electron chi connectivity index (χ1n) is 4.48. The number of likely N-dealkylation sites (N-methyl/N-ethyl adjacent to an activating group) is 1. The van der Waals surface area contributed by atoms with E-state index >= 15 is 0 Å². The zero-order valence-electron chi connectivity index (χ0n) is 8.14. The summed E-state index contributed by atoms with van der Waals surface area (Å²) in [5.41, 5.74) is 1.16. The van der Waals surface area contributed by atoms with Gasteiger partial charge in [-0.1, -0.05) is 30.3 Å². The Bertz CT molecular complexity index is 308. The maximum atomic E-state index is 10.9. The van der Waals surface area contributed by atoms with E-state index < -0.39 is 5.91 Å². The molecule has 0 unspecified atom stereocenters. The molecule has 74 valence electrons. The fourth-order valence-electron chi connectivity index (χ4n) is 1.14. The Morgan fingerprint density at radius 2 is 2.00 bits per heavy atom. The van der Waals surface area contributed by atoms with Crippen LogP contribution in [0, 0.1) is 0 Å². The average Bonchev–Trinajstić information content (AvgIpc) is 2.26. The Kier molecular flexibility index (Phi) is 3.85. The largest absolute Gasteiger partial charge is 0.339 e. The predicted molar refractivity (Wildman–Crippen MR) is 53.8 cm³/mol. The van der Waals surface area contributed by atoms with E-state index in [1.165, 1.54) is 4.90 Å². The van der Waals surface area contributed by atoms with Gasteiger partial charge in [0.15, 0.2) is 0 Å². The molecule has 0 radical (unpaired) electrons. The van der Waals surface area contributed by atoms with Crippen LogP contribution in [0.5, 0.6) is 0 Å². The number of hydrogen-bond donors (Lipinski definition) is 0. The van der Waals surface area contributed by atoms with E-state index in [0.717, 1.165) is 12.0 Å². The third-order valence-electron chi connectivity index (χ3n) is 2.06. The standard InChI is InChI=1S/C11H13NO2/c1-12(11(14)9-13)8-7-10-5-3-2-4-6-10/h2-6,9H,7-8H2,1H3. The molecule has 0 fully saturated rings. The van der Waals surface area contributed by atoms with Crippen molar-refractivity contribution in [2.45, 2.75) is 6.42 Å². The smallest absolute Gasteiger partial charge is 0.286 e. The van der Waals surface area contributed by atoms with E-state index in [9.17, 15) is 9.59 Å². The number of nitrogens with zero attached hydrogens (tertiary/aromatic N) is 1.